The first-order valence-corrected chi connectivity index (χ1v) is 9.78. The molecule has 26 heavy (non-hydrogen) atoms. The first-order valence-electron chi connectivity index (χ1n) is 8.30. The van der Waals surface area contributed by atoms with E-state index in [0.717, 1.165) is 17.0 Å². The lowest BCUT2D eigenvalue weighted by Crippen LogP contribution is -2.35. The summed E-state index contributed by atoms with van der Waals surface area (Å²) < 4.78 is 30.0. The number of aromatic nitrogens is 2. The van der Waals surface area contributed by atoms with Gasteiger partial charge in [-0.15, -0.1) is 0 Å². The Balaban J connectivity index is 2.31. The molecule has 0 radical (unpaired) electrons. The van der Waals surface area contributed by atoms with Crippen LogP contribution in [0.3, 0.4) is 0 Å². The van der Waals surface area contributed by atoms with Gasteiger partial charge >= 0.3 is 5.97 Å². The van der Waals surface area contributed by atoms with Crippen LogP contribution in [0.4, 0.5) is 0 Å². The zero-order chi connectivity index (χ0) is 19.8. The number of aryl methyl sites for hydroxylation is 4. The van der Waals surface area contributed by atoms with Crippen LogP contribution in [0.25, 0.3) is 0 Å². The van der Waals surface area contributed by atoms with E-state index < -0.39 is 16.0 Å². The molecule has 0 aliphatic carbocycles. The van der Waals surface area contributed by atoms with E-state index in [-0.39, 0.29) is 16.5 Å². The van der Waals surface area contributed by atoms with Crippen LogP contribution in [-0.2, 0) is 23.5 Å². The minimum Gasteiger partial charge on any atom is -0.478 e. The van der Waals surface area contributed by atoms with Crippen molar-refractivity contribution < 1.29 is 18.3 Å². The Morgan fingerprint density at radius 1 is 1.23 bits per heavy atom. The highest BCUT2D eigenvalue weighted by Gasteiger charge is 2.23. The van der Waals surface area contributed by atoms with Crippen molar-refractivity contribution in [2.75, 3.05) is 0 Å². The second kappa shape index (κ2) is 7.20. The van der Waals surface area contributed by atoms with E-state index in [1.807, 2.05) is 20.9 Å². The monoisotopic (exact) mass is 379 g/mol. The van der Waals surface area contributed by atoms with E-state index in [4.69, 9.17) is 0 Å². The van der Waals surface area contributed by atoms with E-state index in [0.29, 0.717) is 17.5 Å². The van der Waals surface area contributed by atoms with Crippen LogP contribution >= 0.6 is 0 Å². The van der Waals surface area contributed by atoms with Gasteiger partial charge in [-0.1, -0.05) is 6.07 Å². The van der Waals surface area contributed by atoms with Crippen LogP contribution in [0.1, 0.15) is 45.4 Å². The standard InChI is InChI=1S/C18H25N3O4S/c1-10-7-11(2)17(9-15(10)18(22)23)26(24,25)20-12(3)8-16-13(4)19-21(6)14(16)5/h7,9,12,20H,8H2,1-6H3,(H,22,23). The third-order valence-electron chi connectivity index (χ3n) is 4.57. The van der Waals surface area contributed by atoms with Gasteiger partial charge in [0.15, 0.2) is 0 Å². The van der Waals surface area contributed by atoms with Crippen molar-refractivity contribution in [3.63, 3.8) is 0 Å². The van der Waals surface area contributed by atoms with E-state index in [9.17, 15) is 18.3 Å². The van der Waals surface area contributed by atoms with Gasteiger partial charge in [-0.05, 0) is 63.8 Å². The van der Waals surface area contributed by atoms with Gasteiger partial charge in [0.1, 0.15) is 0 Å². The Morgan fingerprint density at radius 2 is 1.85 bits per heavy atom. The fourth-order valence-corrected chi connectivity index (χ4v) is 4.64. The van der Waals surface area contributed by atoms with Gasteiger partial charge < -0.3 is 5.11 Å². The number of carboxylic acids is 1. The molecule has 1 aromatic carbocycles. The molecule has 2 aromatic rings. The molecule has 142 valence electrons. The lowest BCUT2D eigenvalue weighted by Gasteiger charge is -2.17. The van der Waals surface area contributed by atoms with E-state index in [1.165, 1.54) is 6.07 Å². The maximum atomic E-state index is 12.8. The number of hydrogen-bond acceptors (Lipinski definition) is 4. The maximum Gasteiger partial charge on any atom is 0.335 e. The smallest absolute Gasteiger partial charge is 0.335 e. The molecule has 0 spiro atoms. The summed E-state index contributed by atoms with van der Waals surface area (Å²) >= 11 is 0. The predicted octanol–water partition coefficient (Wildman–Crippen LogP) is 2.26. The summed E-state index contributed by atoms with van der Waals surface area (Å²) in [6.45, 7) is 8.93. The van der Waals surface area contributed by atoms with E-state index in [1.54, 1.807) is 31.5 Å². The Bertz CT molecular complexity index is 961. The van der Waals surface area contributed by atoms with Gasteiger partial charge in [0.05, 0.1) is 16.2 Å². The van der Waals surface area contributed by atoms with Crippen LogP contribution in [0.2, 0.25) is 0 Å². The van der Waals surface area contributed by atoms with Gasteiger partial charge in [0.25, 0.3) is 0 Å². The Labute approximate surface area is 154 Å². The number of carboxylic acid groups (broad SMARTS) is 1. The Hall–Kier alpha value is -2.19. The lowest BCUT2D eigenvalue weighted by atomic mass is 10.1. The van der Waals surface area contributed by atoms with Crippen molar-refractivity contribution in [1.82, 2.24) is 14.5 Å². The van der Waals surface area contributed by atoms with Crippen LogP contribution in [-0.4, -0.2) is 35.3 Å². The van der Waals surface area contributed by atoms with Gasteiger partial charge in [-0.25, -0.2) is 17.9 Å². The number of nitrogens with one attached hydrogen (secondary N) is 1. The zero-order valence-electron chi connectivity index (χ0n) is 15.9. The summed E-state index contributed by atoms with van der Waals surface area (Å²) in [4.78, 5) is 11.3. The molecule has 0 bridgehead atoms. The molecule has 1 atom stereocenters. The van der Waals surface area contributed by atoms with Crippen molar-refractivity contribution in [3.8, 4) is 0 Å². The number of sulfonamides is 1. The third-order valence-corrected chi connectivity index (χ3v) is 6.30. The molecule has 2 rings (SSSR count). The van der Waals surface area contributed by atoms with Gasteiger partial charge in [0, 0.05) is 18.8 Å². The number of carbonyl (C=O) groups is 1. The normalized spacial score (nSPS) is 13.0. The van der Waals surface area contributed by atoms with Crippen LogP contribution in [0, 0.1) is 27.7 Å². The molecule has 0 aliphatic rings. The molecule has 0 saturated heterocycles. The summed E-state index contributed by atoms with van der Waals surface area (Å²) in [6.07, 6.45) is 0.501. The molecule has 2 N–H and O–H groups in total. The first-order chi connectivity index (χ1) is 11.9. The molecule has 0 fully saturated rings. The highest BCUT2D eigenvalue weighted by atomic mass is 32.2. The predicted molar refractivity (Wildman–Crippen MR) is 99.0 cm³/mol. The van der Waals surface area contributed by atoms with Crippen LogP contribution in [0.15, 0.2) is 17.0 Å². The van der Waals surface area contributed by atoms with Crippen molar-refractivity contribution in [2.45, 2.75) is 52.0 Å². The maximum absolute atomic E-state index is 12.8. The molecule has 1 aromatic heterocycles. The molecular weight excluding hydrogens is 354 g/mol. The molecule has 0 amide bonds. The van der Waals surface area contributed by atoms with Gasteiger partial charge in [0.2, 0.25) is 10.0 Å². The summed E-state index contributed by atoms with van der Waals surface area (Å²) in [6, 6.07) is 2.44. The van der Waals surface area contributed by atoms with Crippen molar-refractivity contribution in [2.24, 2.45) is 7.05 Å². The number of rotatable bonds is 6. The van der Waals surface area contributed by atoms with Gasteiger partial charge in [-0.3, -0.25) is 4.68 Å². The minimum atomic E-state index is -3.84. The fraction of sp³-hybridized carbons (Fsp3) is 0.444. The molecule has 0 aliphatic heterocycles. The summed E-state index contributed by atoms with van der Waals surface area (Å²) in [5, 5.41) is 13.6. The first kappa shape index (κ1) is 20.1. The van der Waals surface area contributed by atoms with Crippen molar-refractivity contribution >= 4 is 16.0 Å². The average Bonchev–Trinajstić information content (AvgIpc) is 2.72. The molecular formula is C18H25N3O4S. The lowest BCUT2D eigenvalue weighted by molar-refractivity contribution is 0.0696. The van der Waals surface area contributed by atoms with E-state index in [2.05, 4.69) is 9.82 Å². The van der Waals surface area contributed by atoms with Crippen LogP contribution < -0.4 is 4.72 Å². The quantitative estimate of drug-likeness (QED) is 0.802. The number of benzene rings is 1. The third kappa shape index (κ3) is 3.96. The largest absolute Gasteiger partial charge is 0.478 e. The van der Waals surface area contributed by atoms with Crippen molar-refractivity contribution in [1.29, 1.82) is 0 Å². The summed E-state index contributed by atoms with van der Waals surface area (Å²) in [5.41, 5.74) is 3.91. The molecule has 7 nitrogen and oxygen atoms in total. The number of nitrogens with zero attached hydrogens (tertiary/aromatic N) is 2. The highest BCUT2D eigenvalue weighted by Crippen LogP contribution is 2.22. The Morgan fingerprint density at radius 3 is 2.35 bits per heavy atom. The second-order valence-corrected chi connectivity index (χ2v) is 8.42. The Kier molecular flexibility index (Phi) is 5.58. The minimum absolute atomic E-state index is 0.00743. The molecule has 1 unspecified atom stereocenters. The average molecular weight is 379 g/mol. The van der Waals surface area contributed by atoms with E-state index >= 15 is 0 Å². The highest BCUT2D eigenvalue weighted by molar-refractivity contribution is 7.89. The van der Waals surface area contributed by atoms with Crippen molar-refractivity contribution in [3.05, 3.63) is 45.8 Å². The fourth-order valence-electron chi connectivity index (χ4n) is 3.14. The van der Waals surface area contributed by atoms with Gasteiger partial charge in [-0.2, -0.15) is 5.10 Å². The summed E-state index contributed by atoms with van der Waals surface area (Å²) in [5.74, 6) is -1.14. The number of hydrogen-bond donors (Lipinski definition) is 2. The molecule has 8 heteroatoms. The molecule has 1 heterocycles. The topological polar surface area (TPSA) is 101 Å². The second-order valence-electron chi connectivity index (χ2n) is 6.74. The molecule has 0 saturated carbocycles. The van der Waals surface area contributed by atoms with Crippen LogP contribution in [0.5, 0.6) is 0 Å². The number of aromatic carboxylic acids is 1. The SMILES string of the molecule is Cc1cc(C)c(S(=O)(=O)NC(C)Cc2c(C)nn(C)c2C)cc1C(=O)O. The summed E-state index contributed by atoms with van der Waals surface area (Å²) in [7, 11) is -1.99. The zero-order valence-corrected chi connectivity index (χ0v) is 16.7.